The van der Waals surface area contributed by atoms with E-state index in [1.54, 1.807) is 42.7 Å². The molecular formula is C25H21ClN2O4. The van der Waals surface area contributed by atoms with E-state index in [4.69, 9.17) is 16.3 Å². The molecule has 1 aliphatic rings. The number of hydrogen-bond acceptors (Lipinski definition) is 5. The molecule has 0 aliphatic carbocycles. The molecule has 1 unspecified atom stereocenters. The van der Waals surface area contributed by atoms with Crippen molar-refractivity contribution in [2.75, 3.05) is 12.0 Å². The van der Waals surface area contributed by atoms with Crippen LogP contribution in [0.5, 0.6) is 5.75 Å². The average molecular weight is 449 g/mol. The lowest BCUT2D eigenvalue weighted by atomic mass is 9.95. The normalized spacial score (nSPS) is 17.6. The number of aliphatic hydroxyl groups is 1. The number of hydrogen-bond donors (Lipinski definition) is 1. The number of ether oxygens (including phenoxy) is 1. The van der Waals surface area contributed by atoms with Crippen molar-refractivity contribution in [2.45, 2.75) is 19.9 Å². The Hall–Kier alpha value is -3.64. The minimum Gasteiger partial charge on any atom is -0.507 e. The zero-order chi connectivity index (χ0) is 23.0. The smallest absolute Gasteiger partial charge is 0.300 e. The van der Waals surface area contributed by atoms with Gasteiger partial charge in [-0.05, 0) is 73.0 Å². The van der Waals surface area contributed by atoms with Gasteiger partial charge in [0.05, 0.1) is 23.7 Å². The first-order valence-corrected chi connectivity index (χ1v) is 10.3. The van der Waals surface area contributed by atoms with Crippen LogP contribution in [0.25, 0.3) is 5.76 Å². The number of pyridine rings is 1. The minimum atomic E-state index is -0.819. The van der Waals surface area contributed by atoms with Crippen molar-refractivity contribution in [3.63, 3.8) is 0 Å². The van der Waals surface area contributed by atoms with Gasteiger partial charge in [-0.15, -0.1) is 0 Å². The maximum Gasteiger partial charge on any atom is 0.300 e. The number of halogens is 1. The largest absolute Gasteiger partial charge is 0.507 e. The second kappa shape index (κ2) is 8.48. The molecule has 1 aliphatic heterocycles. The predicted molar refractivity (Wildman–Crippen MR) is 123 cm³/mol. The molecule has 0 saturated carbocycles. The van der Waals surface area contributed by atoms with Crippen LogP contribution in [0.2, 0.25) is 5.02 Å². The molecule has 4 rings (SSSR count). The number of anilines is 1. The molecule has 1 N–H and O–H groups in total. The Morgan fingerprint density at radius 1 is 1.03 bits per heavy atom. The fraction of sp³-hybridized carbons (Fsp3) is 0.160. The van der Waals surface area contributed by atoms with Gasteiger partial charge in [-0.3, -0.25) is 19.5 Å². The second-order valence-corrected chi connectivity index (χ2v) is 7.97. The lowest BCUT2D eigenvalue weighted by Crippen LogP contribution is -2.29. The van der Waals surface area contributed by atoms with Crippen LogP contribution in [-0.2, 0) is 9.59 Å². The number of rotatable bonds is 4. The van der Waals surface area contributed by atoms with E-state index in [1.807, 2.05) is 26.0 Å². The fourth-order valence-electron chi connectivity index (χ4n) is 3.80. The Morgan fingerprint density at radius 2 is 1.75 bits per heavy atom. The number of carbonyl (C=O) groups is 2. The van der Waals surface area contributed by atoms with Crippen LogP contribution in [0, 0.1) is 13.8 Å². The van der Waals surface area contributed by atoms with E-state index >= 15 is 0 Å². The van der Waals surface area contributed by atoms with Crippen molar-refractivity contribution >= 4 is 34.7 Å². The number of benzene rings is 2. The van der Waals surface area contributed by atoms with Gasteiger partial charge < -0.3 is 9.84 Å². The van der Waals surface area contributed by atoms with Crippen LogP contribution < -0.4 is 9.64 Å². The van der Waals surface area contributed by atoms with Gasteiger partial charge >= 0.3 is 0 Å². The summed E-state index contributed by atoms with van der Waals surface area (Å²) >= 11 is 6.23. The van der Waals surface area contributed by atoms with E-state index < -0.39 is 17.7 Å². The van der Waals surface area contributed by atoms with Gasteiger partial charge in [0.15, 0.2) is 0 Å². The number of carbonyl (C=O) groups excluding carboxylic acids is 2. The third-order valence-electron chi connectivity index (χ3n) is 5.66. The van der Waals surface area contributed by atoms with E-state index in [0.717, 1.165) is 11.1 Å². The number of aryl methyl sites for hydroxylation is 2. The number of methoxy groups -OCH3 is 1. The number of aliphatic hydroxyl groups excluding tert-OH is 1. The van der Waals surface area contributed by atoms with E-state index in [9.17, 15) is 14.7 Å². The third-order valence-corrected chi connectivity index (χ3v) is 5.96. The molecule has 2 aromatic carbocycles. The van der Waals surface area contributed by atoms with Gasteiger partial charge in [-0.25, -0.2) is 0 Å². The minimum absolute atomic E-state index is 0.0133. The van der Waals surface area contributed by atoms with Crippen LogP contribution in [0.4, 0.5) is 5.69 Å². The summed E-state index contributed by atoms with van der Waals surface area (Å²) in [7, 11) is 1.49. The topological polar surface area (TPSA) is 79.7 Å². The van der Waals surface area contributed by atoms with Crippen molar-refractivity contribution in [3.05, 3.63) is 93.8 Å². The van der Waals surface area contributed by atoms with Gasteiger partial charge in [0, 0.05) is 23.6 Å². The van der Waals surface area contributed by atoms with Crippen LogP contribution in [0.3, 0.4) is 0 Å². The van der Waals surface area contributed by atoms with Gasteiger partial charge in [-0.2, -0.15) is 0 Å². The predicted octanol–water partition coefficient (Wildman–Crippen LogP) is 4.99. The van der Waals surface area contributed by atoms with E-state index in [2.05, 4.69) is 4.98 Å². The van der Waals surface area contributed by atoms with Gasteiger partial charge in [0.2, 0.25) is 0 Å². The molecular weight excluding hydrogens is 428 g/mol. The molecule has 1 amide bonds. The van der Waals surface area contributed by atoms with Crippen LogP contribution >= 0.6 is 11.6 Å². The number of aromatic nitrogens is 1. The highest BCUT2D eigenvalue weighted by molar-refractivity contribution is 6.51. The molecule has 0 bridgehead atoms. The summed E-state index contributed by atoms with van der Waals surface area (Å²) in [6, 6.07) is 12.9. The van der Waals surface area contributed by atoms with Crippen molar-refractivity contribution < 1.29 is 19.4 Å². The standard InChI is InChI=1S/C25H21ClN2O4/c1-14-4-6-18(12-15(14)2)28-22(16-8-10-27-11-9-16)21(24(30)25(28)31)23(29)17-5-7-20(32-3)19(26)13-17/h4-13,22,29H,1-3H3/b23-21+. The van der Waals surface area contributed by atoms with Crippen molar-refractivity contribution in [1.29, 1.82) is 0 Å². The Kier molecular flexibility index (Phi) is 5.72. The fourth-order valence-corrected chi connectivity index (χ4v) is 4.06. The molecule has 0 radical (unpaired) electrons. The highest BCUT2D eigenvalue weighted by Gasteiger charge is 2.47. The molecule has 1 aromatic heterocycles. The molecule has 7 heteroatoms. The molecule has 0 spiro atoms. The average Bonchev–Trinajstić information content (AvgIpc) is 3.06. The summed E-state index contributed by atoms with van der Waals surface area (Å²) < 4.78 is 5.16. The Labute approximate surface area is 190 Å². The number of nitrogens with zero attached hydrogens (tertiary/aromatic N) is 2. The zero-order valence-corrected chi connectivity index (χ0v) is 18.6. The summed E-state index contributed by atoms with van der Waals surface area (Å²) in [5, 5.41) is 11.4. The maximum absolute atomic E-state index is 13.2. The summed E-state index contributed by atoms with van der Waals surface area (Å²) in [5.41, 5.74) is 3.58. The molecule has 6 nitrogen and oxygen atoms in total. The van der Waals surface area contributed by atoms with E-state index in [1.165, 1.54) is 18.1 Å². The van der Waals surface area contributed by atoms with Crippen LogP contribution in [-0.4, -0.2) is 28.9 Å². The van der Waals surface area contributed by atoms with E-state index in [0.29, 0.717) is 22.6 Å². The molecule has 2 heterocycles. The first-order valence-electron chi connectivity index (χ1n) is 9.95. The number of ketones is 1. The molecule has 1 fully saturated rings. The van der Waals surface area contributed by atoms with Crippen molar-refractivity contribution in [2.24, 2.45) is 0 Å². The summed E-state index contributed by atoms with van der Waals surface area (Å²) in [4.78, 5) is 31.8. The Morgan fingerprint density at radius 3 is 2.38 bits per heavy atom. The summed E-state index contributed by atoms with van der Waals surface area (Å²) in [5.74, 6) is -1.35. The van der Waals surface area contributed by atoms with Crippen molar-refractivity contribution in [3.8, 4) is 5.75 Å². The van der Waals surface area contributed by atoms with Gasteiger partial charge in [-0.1, -0.05) is 17.7 Å². The Balaban J connectivity index is 1.94. The monoisotopic (exact) mass is 448 g/mol. The van der Waals surface area contributed by atoms with Crippen LogP contribution in [0.1, 0.15) is 28.3 Å². The molecule has 1 saturated heterocycles. The number of amides is 1. The second-order valence-electron chi connectivity index (χ2n) is 7.57. The molecule has 1 atom stereocenters. The highest BCUT2D eigenvalue weighted by atomic mass is 35.5. The van der Waals surface area contributed by atoms with E-state index in [-0.39, 0.29) is 16.4 Å². The molecule has 162 valence electrons. The van der Waals surface area contributed by atoms with Gasteiger partial charge in [0.1, 0.15) is 11.5 Å². The molecule has 32 heavy (non-hydrogen) atoms. The summed E-state index contributed by atoms with van der Waals surface area (Å²) in [6.45, 7) is 3.91. The first kappa shape index (κ1) is 21.6. The SMILES string of the molecule is COc1ccc(/C(O)=C2\C(=O)C(=O)N(c3ccc(C)c(C)c3)C2c2ccncc2)cc1Cl. The van der Waals surface area contributed by atoms with Crippen LogP contribution in [0.15, 0.2) is 66.5 Å². The van der Waals surface area contributed by atoms with Gasteiger partial charge in [0.25, 0.3) is 11.7 Å². The lowest BCUT2D eigenvalue weighted by Gasteiger charge is -2.26. The third kappa shape index (κ3) is 3.63. The first-order chi connectivity index (χ1) is 15.3. The quantitative estimate of drug-likeness (QED) is 0.345. The summed E-state index contributed by atoms with van der Waals surface area (Å²) in [6.07, 6.45) is 3.17. The highest BCUT2D eigenvalue weighted by Crippen LogP contribution is 2.42. The molecule has 3 aromatic rings. The number of Topliss-reactive ketones (excluding diaryl/α,β-unsaturated/α-hetero) is 1. The Bertz CT molecular complexity index is 1250. The maximum atomic E-state index is 13.2. The van der Waals surface area contributed by atoms with Crippen molar-refractivity contribution in [1.82, 2.24) is 4.98 Å². The lowest BCUT2D eigenvalue weighted by molar-refractivity contribution is -0.132. The zero-order valence-electron chi connectivity index (χ0n) is 17.8.